The Bertz CT molecular complexity index is 513. The Morgan fingerprint density at radius 1 is 1.32 bits per heavy atom. The normalized spacial score (nSPS) is 14.7. The number of nitrogens with two attached hydrogens (primary N) is 1. The minimum absolute atomic E-state index is 0.148. The second-order valence-electron chi connectivity index (χ2n) is 4.33. The Balaban J connectivity index is 2.75. The van der Waals surface area contributed by atoms with Gasteiger partial charge in [-0.2, -0.15) is 0 Å². The molecule has 1 aromatic rings. The summed E-state index contributed by atoms with van der Waals surface area (Å²) in [5, 5.41) is -0.750. The summed E-state index contributed by atoms with van der Waals surface area (Å²) in [6.45, 7) is 1.56. The first kappa shape index (κ1) is 15.7. The predicted octanol–water partition coefficient (Wildman–Crippen LogP) is 1.05. The third-order valence-electron chi connectivity index (χ3n) is 3.08. The maximum atomic E-state index is 12.1. The van der Waals surface area contributed by atoms with Crippen LogP contribution < -0.4 is 5.73 Å². The molecular formula is C13H19NO4S. The number of hydrogen-bond donors (Lipinski definition) is 1. The molecule has 0 aliphatic rings. The number of hydrogen-bond acceptors (Lipinski definition) is 5. The van der Waals surface area contributed by atoms with Crippen LogP contribution in [0.1, 0.15) is 24.9 Å². The van der Waals surface area contributed by atoms with E-state index in [1.807, 2.05) is 18.2 Å². The number of ether oxygens (including phenoxy) is 1. The van der Waals surface area contributed by atoms with Gasteiger partial charge < -0.3 is 10.5 Å². The van der Waals surface area contributed by atoms with Crippen molar-refractivity contribution in [3.05, 3.63) is 35.9 Å². The molecule has 0 saturated carbocycles. The van der Waals surface area contributed by atoms with E-state index in [1.165, 1.54) is 7.11 Å². The highest BCUT2D eigenvalue weighted by atomic mass is 32.2. The van der Waals surface area contributed by atoms with Crippen molar-refractivity contribution in [1.82, 2.24) is 0 Å². The molecule has 0 aromatic heterocycles. The van der Waals surface area contributed by atoms with Crippen LogP contribution in [0.3, 0.4) is 0 Å². The topological polar surface area (TPSA) is 86.5 Å². The minimum Gasteiger partial charge on any atom is -0.469 e. The number of sulfone groups is 1. The molecule has 0 heterocycles. The van der Waals surface area contributed by atoms with Gasteiger partial charge in [-0.1, -0.05) is 30.3 Å². The summed E-state index contributed by atoms with van der Waals surface area (Å²) < 4.78 is 28.6. The second kappa shape index (κ2) is 6.68. The zero-order valence-electron chi connectivity index (χ0n) is 11.1. The first-order valence-electron chi connectivity index (χ1n) is 5.97. The molecule has 0 aliphatic heterocycles. The second-order valence-corrected chi connectivity index (χ2v) is 6.81. The number of benzene rings is 1. The lowest BCUT2D eigenvalue weighted by atomic mass is 10.1. The average Bonchev–Trinajstić information content (AvgIpc) is 2.44. The molecule has 6 heteroatoms. The quantitative estimate of drug-likeness (QED) is 0.790. The maximum absolute atomic E-state index is 12.1. The van der Waals surface area contributed by atoms with Crippen molar-refractivity contribution in [3.63, 3.8) is 0 Å². The van der Waals surface area contributed by atoms with Gasteiger partial charge in [-0.25, -0.2) is 8.42 Å². The van der Waals surface area contributed by atoms with E-state index in [9.17, 15) is 13.2 Å². The summed E-state index contributed by atoms with van der Waals surface area (Å²) in [6, 6.07) is 8.43. The van der Waals surface area contributed by atoms with Crippen LogP contribution in [0.25, 0.3) is 0 Å². The summed E-state index contributed by atoms with van der Waals surface area (Å²) in [7, 11) is -2.21. The number of rotatable bonds is 6. The van der Waals surface area contributed by atoms with Crippen LogP contribution in [-0.2, 0) is 19.4 Å². The monoisotopic (exact) mass is 285 g/mol. The Labute approximate surface area is 113 Å². The Morgan fingerprint density at radius 2 is 1.89 bits per heavy atom. The predicted molar refractivity (Wildman–Crippen MR) is 73.3 cm³/mol. The molecule has 0 bridgehead atoms. The van der Waals surface area contributed by atoms with Crippen LogP contribution in [0.2, 0.25) is 0 Å². The molecule has 0 amide bonds. The van der Waals surface area contributed by atoms with Crippen LogP contribution in [0, 0.1) is 0 Å². The summed E-state index contributed by atoms with van der Waals surface area (Å²) in [4.78, 5) is 11.0. The van der Waals surface area contributed by atoms with Crippen molar-refractivity contribution in [1.29, 1.82) is 0 Å². The van der Waals surface area contributed by atoms with Crippen molar-refractivity contribution < 1.29 is 17.9 Å². The number of methoxy groups -OCH3 is 1. The van der Waals surface area contributed by atoms with Gasteiger partial charge in [0.05, 0.1) is 24.5 Å². The summed E-state index contributed by atoms with van der Waals surface area (Å²) in [6.07, 6.45) is -0.148. The molecule has 5 nitrogen and oxygen atoms in total. The first-order valence-corrected chi connectivity index (χ1v) is 7.69. The van der Waals surface area contributed by atoms with E-state index in [-0.39, 0.29) is 12.2 Å². The molecule has 0 spiro atoms. The standard InChI is InChI=1S/C13H19NO4S/c1-10(13(14)11-6-4-3-5-7-11)19(16,17)9-8-12(15)18-2/h3-7,10,13H,8-9,14H2,1-2H3. The van der Waals surface area contributed by atoms with Gasteiger partial charge >= 0.3 is 5.97 Å². The third-order valence-corrected chi connectivity index (χ3v) is 5.27. The Kier molecular flexibility index (Phi) is 5.50. The largest absolute Gasteiger partial charge is 0.469 e. The van der Waals surface area contributed by atoms with Gasteiger partial charge in [0, 0.05) is 6.04 Å². The molecule has 106 valence electrons. The Hall–Kier alpha value is -1.40. The zero-order valence-corrected chi connectivity index (χ0v) is 11.9. The molecular weight excluding hydrogens is 266 g/mol. The summed E-state index contributed by atoms with van der Waals surface area (Å²) in [5.41, 5.74) is 6.73. The molecule has 1 rings (SSSR count). The highest BCUT2D eigenvalue weighted by Crippen LogP contribution is 2.20. The van der Waals surface area contributed by atoms with Gasteiger partial charge in [0.2, 0.25) is 0 Å². The fourth-order valence-electron chi connectivity index (χ4n) is 1.68. The van der Waals surface area contributed by atoms with Crippen LogP contribution >= 0.6 is 0 Å². The molecule has 0 fully saturated rings. The van der Waals surface area contributed by atoms with Crippen LogP contribution in [0.4, 0.5) is 0 Å². The van der Waals surface area contributed by atoms with E-state index in [4.69, 9.17) is 5.73 Å². The average molecular weight is 285 g/mol. The third kappa shape index (κ3) is 4.33. The maximum Gasteiger partial charge on any atom is 0.306 e. The van der Waals surface area contributed by atoms with E-state index in [1.54, 1.807) is 19.1 Å². The van der Waals surface area contributed by atoms with Gasteiger partial charge in [-0.05, 0) is 12.5 Å². The summed E-state index contributed by atoms with van der Waals surface area (Å²) >= 11 is 0. The molecule has 0 saturated heterocycles. The molecule has 2 atom stereocenters. The molecule has 19 heavy (non-hydrogen) atoms. The first-order chi connectivity index (χ1) is 8.88. The lowest BCUT2D eigenvalue weighted by Gasteiger charge is -2.20. The van der Waals surface area contributed by atoms with Gasteiger partial charge in [0.1, 0.15) is 0 Å². The van der Waals surface area contributed by atoms with Crippen molar-refractivity contribution in [2.45, 2.75) is 24.6 Å². The van der Waals surface area contributed by atoms with Gasteiger partial charge in [-0.3, -0.25) is 4.79 Å². The van der Waals surface area contributed by atoms with Crippen molar-refractivity contribution >= 4 is 15.8 Å². The van der Waals surface area contributed by atoms with Crippen molar-refractivity contribution in [2.75, 3.05) is 12.9 Å². The molecule has 2 unspecified atom stereocenters. The van der Waals surface area contributed by atoms with Crippen molar-refractivity contribution in [3.8, 4) is 0 Å². The highest BCUT2D eigenvalue weighted by molar-refractivity contribution is 7.92. The van der Waals surface area contributed by atoms with Gasteiger partial charge in [0.25, 0.3) is 0 Å². The van der Waals surface area contributed by atoms with Gasteiger partial charge in [-0.15, -0.1) is 0 Å². The molecule has 1 aromatic carbocycles. The Morgan fingerprint density at radius 3 is 2.42 bits per heavy atom. The highest BCUT2D eigenvalue weighted by Gasteiger charge is 2.28. The molecule has 0 aliphatic carbocycles. The van der Waals surface area contributed by atoms with E-state index in [0.717, 1.165) is 5.56 Å². The lowest BCUT2D eigenvalue weighted by Crippen LogP contribution is -2.33. The fourth-order valence-corrected chi connectivity index (χ4v) is 3.11. The van der Waals surface area contributed by atoms with E-state index in [0.29, 0.717) is 0 Å². The van der Waals surface area contributed by atoms with Crippen LogP contribution in [-0.4, -0.2) is 32.5 Å². The van der Waals surface area contributed by atoms with Crippen LogP contribution in [0.15, 0.2) is 30.3 Å². The zero-order chi connectivity index (χ0) is 14.5. The number of esters is 1. The SMILES string of the molecule is COC(=O)CCS(=O)(=O)C(C)C(N)c1ccccc1. The van der Waals surface area contributed by atoms with E-state index < -0.39 is 27.1 Å². The molecule has 0 radical (unpaired) electrons. The summed E-state index contributed by atoms with van der Waals surface area (Å²) in [5.74, 6) is -0.787. The van der Waals surface area contributed by atoms with Crippen LogP contribution in [0.5, 0.6) is 0 Å². The van der Waals surface area contributed by atoms with E-state index >= 15 is 0 Å². The minimum atomic E-state index is -3.44. The van der Waals surface area contributed by atoms with E-state index in [2.05, 4.69) is 4.74 Å². The smallest absolute Gasteiger partial charge is 0.306 e. The number of carbonyl (C=O) groups excluding carboxylic acids is 1. The molecule has 2 N–H and O–H groups in total. The lowest BCUT2D eigenvalue weighted by molar-refractivity contribution is -0.140. The fraction of sp³-hybridized carbons (Fsp3) is 0.462. The number of carbonyl (C=O) groups is 1. The van der Waals surface area contributed by atoms with Gasteiger partial charge in [0.15, 0.2) is 9.84 Å². The van der Waals surface area contributed by atoms with Crippen molar-refractivity contribution in [2.24, 2.45) is 5.73 Å².